The molecule has 3 N–H and O–H groups in total. The zero-order chi connectivity index (χ0) is 27.4. The maximum absolute atomic E-state index is 11.7. The summed E-state index contributed by atoms with van der Waals surface area (Å²) < 4.78 is 5.43. The van der Waals surface area contributed by atoms with Crippen LogP contribution in [0.15, 0.2) is 59.8 Å². The van der Waals surface area contributed by atoms with Gasteiger partial charge in [0, 0.05) is 12.8 Å². The van der Waals surface area contributed by atoms with Crippen molar-refractivity contribution in [2.24, 2.45) is 11.1 Å². The summed E-state index contributed by atoms with van der Waals surface area (Å²) >= 11 is 0. The van der Waals surface area contributed by atoms with Gasteiger partial charge in [0.1, 0.15) is 5.75 Å². The Morgan fingerprint density at radius 1 is 0.921 bits per heavy atom. The highest BCUT2D eigenvalue weighted by atomic mass is 16.6. The molecule has 204 valence electrons. The fourth-order valence-corrected chi connectivity index (χ4v) is 4.50. The maximum atomic E-state index is 11.7. The molecule has 1 heterocycles. The average Bonchev–Trinajstić information content (AvgIpc) is 2.88. The second-order valence-electron chi connectivity index (χ2n) is 9.49. The van der Waals surface area contributed by atoms with Crippen molar-refractivity contribution in [1.82, 2.24) is 4.90 Å². The van der Waals surface area contributed by atoms with Gasteiger partial charge < -0.3 is 29.8 Å². The number of carboxylic acid groups (broad SMARTS) is 3. The number of aliphatic carboxylic acids is 3. The molecule has 10 heteroatoms. The largest absolute Gasteiger partial charge is 0.481 e. The standard InChI is InChI=1S/C28H34N2O8/c31-25(32)19-28(27(35)36,20-26(33)34)37-23-10-8-22(9-11-23)14-18-30-16-12-21(13-17-30)5-4-15-29-38-24-6-2-1-3-7-24/h1-3,6-11,15,21H,4-5,12-14,16-20H2,(H,31,32)(H,33,34)(H,35,36). The van der Waals surface area contributed by atoms with Crippen molar-refractivity contribution in [3.05, 3.63) is 60.2 Å². The molecule has 2 aromatic rings. The van der Waals surface area contributed by atoms with Gasteiger partial charge in [-0.05, 0) is 80.9 Å². The first-order valence-corrected chi connectivity index (χ1v) is 12.7. The van der Waals surface area contributed by atoms with Crippen molar-refractivity contribution in [2.45, 2.75) is 50.5 Å². The van der Waals surface area contributed by atoms with E-state index >= 15 is 0 Å². The molecule has 1 aliphatic heterocycles. The van der Waals surface area contributed by atoms with Crippen molar-refractivity contribution < 1.29 is 39.3 Å². The zero-order valence-corrected chi connectivity index (χ0v) is 21.2. The van der Waals surface area contributed by atoms with Crippen LogP contribution in [0.3, 0.4) is 0 Å². The normalized spacial score (nSPS) is 14.8. The molecule has 1 saturated heterocycles. The van der Waals surface area contributed by atoms with Crippen LogP contribution in [0, 0.1) is 5.92 Å². The van der Waals surface area contributed by atoms with Crippen molar-refractivity contribution in [1.29, 1.82) is 0 Å². The third-order valence-electron chi connectivity index (χ3n) is 6.60. The highest BCUT2D eigenvalue weighted by Crippen LogP contribution is 2.27. The molecule has 1 fully saturated rings. The van der Waals surface area contributed by atoms with E-state index in [1.165, 1.54) is 0 Å². The molecule has 0 spiro atoms. The van der Waals surface area contributed by atoms with Gasteiger partial charge in [0.2, 0.25) is 5.60 Å². The predicted molar refractivity (Wildman–Crippen MR) is 140 cm³/mol. The van der Waals surface area contributed by atoms with Crippen molar-refractivity contribution in [3.63, 3.8) is 0 Å². The molecular formula is C28H34N2O8. The first-order chi connectivity index (χ1) is 18.3. The Morgan fingerprint density at radius 2 is 1.55 bits per heavy atom. The number of hydrogen-bond donors (Lipinski definition) is 3. The molecule has 0 aliphatic carbocycles. The van der Waals surface area contributed by atoms with Crippen LogP contribution in [0.1, 0.15) is 44.1 Å². The number of ether oxygens (including phenoxy) is 1. The number of likely N-dealkylation sites (tertiary alicyclic amines) is 1. The molecule has 0 bridgehead atoms. The van der Waals surface area contributed by atoms with Crippen LogP contribution in [0.25, 0.3) is 0 Å². The number of rotatable bonds is 15. The van der Waals surface area contributed by atoms with E-state index in [0.717, 1.165) is 63.1 Å². The number of oxime groups is 1. The molecule has 1 aliphatic rings. The lowest BCUT2D eigenvalue weighted by Gasteiger charge is -2.31. The lowest BCUT2D eigenvalue weighted by atomic mass is 9.92. The maximum Gasteiger partial charge on any atom is 0.349 e. The van der Waals surface area contributed by atoms with Gasteiger partial charge in [-0.3, -0.25) is 9.59 Å². The van der Waals surface area contributed by atoms with Crippen LogP contribution in [-0.4, -0.2) is 69.6 Å². The van der Waals surface area contributed by atoms with Crippen molar-refractivity contribution >= 4 is 24.1 Å². The highest BCUT2D eigenvalue weighted by molar-refractivity contribution is 5.88. The number of benzene rings is 2. The Hall–Kier alpha value is -3.92. The predicted octanol–water partition coefficient (Wildman–Crippen LogP) is 3.94. The van der Waals surface area contributed by atoms with Gasteiger partial charge in [0.15, 0.2) is 5.75 Å². The molecule has 0 atom stereocenters. The Bertz CT molecular complexity index is 1060. The smallest absolute Gasteiger partial charge is 0.349 e. The van der Waals surface area contributed by atoms with Gasteiger partial charge in [-0.25, -0.2) is 4.79 Å². The van der Waals surface area contributed by atoms with Crippen LogP contribution >= 0.6 is 0 Å². The minimum atomic E-state index is -2.38. The van der Waals surface area contributed by atoms with Gasteiger partial charge in [-0.15, -0.1) is 0 Å². The van der Waals surface area contributed by atoms with Gasteiger partial charge in [-0.1, -0.05) is 35.5 Å². The van der Waals surface area contributed by atoms with E-state index in [0.29, 0.717) is 5.92 Å². The Labute approximate surface area is 221 Å². The molecule has 0 amide bonds. The van der Waals surface area contributed by atoms with E-state index in [1.807, 2.05) is 36.5 Å². The summed E-state index contributed by atoms with van der Waals surface area (Å²) in [6, 6.07) is 16.1. The van der Waals surface area contributed by atoms with Crippen molar-refractivity contribution in [2.75, 3.05) is 19.6 Å². The van der Waals surface area contributed by atoms with E-state index in [1.54, 1.807) is 24.3 Å². The topological polar surface area (TPSA) is 146 Å². The molecule has 0 aromatic heterocycles. The van der Waals surface area contributed by atoms with Crippen LogP contribution < -0.4 is 9.57 Å². The van der Waals surface area contributed by atoms with E-state index < -0.39 is 36.4 Å². The lowest BCUT2D eigenvalue weighted by Crippen LogP contribution is -2.48. The number of hydrogen-bond acceptors (Lipinski definition) is 7. The number of para-hydroxylation sites is 1. The first kappa shape index (κ1) is 28.6. The quantitative estimate of drug-likeness (QED) is 0.232. The molecule has 0 unspecified atom stereocenters. The minimum absolute atomic E-state index is 0.108. The lowest BCUT2D eigenvalue weighted by molar-refractivity contribution is -0.167. The summed E-state index contributed by atoms with van der Waals surface area (Å²) in [6.07, 6.45) is 4.91. The van der Waals surface area contributed by atoms with Gasteiger partial charge in [-0.2, -0.15) is 0 Å². The molecule has 2 aromatic carbocycles. The molecular weight excluding hydrogens is 492 g/mol. The third-order valence-corrected chi connectivity index (χ3v) is 6.60. The summed E-state index contributed by atoms with van der Waals surface area (Å²) in [6.45, 7) is 2.93. The fourth-order valence-electron chi connectivity index (χ4n) is 4.50. The summed E-state index contributed by atoms with van der Waals surface area (Å²) in [4.78, 5) is 41.8. The van der Waals surface area contributed by atoms with Gasteiger partial charge >= 0.3 is 17.9 Å². The Morgan fingerprint density at radius 3 is 2.13 bits per heavy atom. The van der Waals surface area contributed by atoms with Crippen LogP contribution in [0.4, 0.5) is 0 Å². The van der Waals surface area contributed by atoms with Crippen LogP contribution in [0.5, 0.6) is 11.5 Å². The van der Waals surface area contributed by atoms with E-state index in [2.05, 4.69) is 10.1 Å². The number of carbonyl (C=O) groups is 3. The zero-order valence-electron chi connectivity index (χ0n) is 21.2. The second kappa shape index (κ2) is 14.1. The number of piperidine rings is 1. The summed E-state index contributed by atoms with van der Waals surface area (Å²) in [5.74, 6) is -3.06. The van der Waals surface area contributed by atoms with E-state index in [-0.39, 0.29) is 5.75 Å². The van der Waals surface area contributed by atoms with E-state index in [9.17, 15) is 19.5 Å². The SMILES string of the molecule is O=C(O)CC(CC(=O)O)(Oc1ccc(CCN2CCC(CCC=NOc3ccccc3)CC2)cc1)C(=O)O. The minimum Gasteiger partial charge on any atom is -0.481 e. The fraction of sp³-hybridized carbons (Fsp3) is 0.429. The summed E-state index contributed by atoms with van der Waals surface area (Å²) in [5, 5.41) is 31.8. The average molecular weight is 527 g/mol. The van der Waals surface area contributed by atoms with Gasteiger partial charge in [0.05, 0.1) is 12.8 Å². The van der Waals surface area contributed by atoms with E-state index in [4.69, 9.17) is 19.8 Å². The van der Waals surface area contributed by atoms with Crippen molar-refractivity contribution in [3.8, 4) is 11.5 Å². The summed E-state index contributed by atoms with van der Waals surface area (Å²) in [5.41, 5.74) is -1.36. The highest BCUT2D eigenvalue weighted by Gasteiger charge is 2.46. The molecule has 10 nitrogen and oxygen atoms in total. The third kappa shape index (κ3) is 9.19. The number of nitrogens with zero attached hydrogens (tertiary/aromatic N) is 2. The Kier molecular flexibility index (Phi) is 10.7. The molecule has 3 rings (SSSR count). The first-order valence-electron chi connectivity index (χ1n) is 12.7. The summed E-state index contributed by atoms with van der Waals surface area (Å²) in [7, 11) is 0. The second-order valence-corrected chi connectivity index (χ2v) is 9.49. The monoisotopic (exact) mass is 526 g/mol. The van der Waals surface area contributed by atoms with Crippen LogP contribution in [0.2, 0.25) is 0 Å². The van der Waals surface area contributed by atoms with Gasteiger partial charge in [0.25, 0.3) is 0 Å². The molecule has 38 heavy (non-hydrogen) atoms. The molecule has 0 radical (unpaired) electrons. The molecule has 0 saturated carbocycles. The Balaban J connectivity index is 1.40. The number of carboxylic acids is 3. The van der Waals surface area contributed by atoms with Crippen LogP contribution in [-0.2, 0) is 20.8 Å².